The standard InChI is InChI=1S/C12H10.C2H4N2O2/c1-3-7-11(8-4-1)12-9-5-2-6-10-12;5-1-3-4-2-6/h1-10H;1-2H,(H,3,5)(H,4,6). The van der Waals surface area contributed by atoms with Gasteiger partial charge in [0.1, 0.15) is 0 Å². The third-order valence-corrected chi connectivity index (χ3v) is 2.08. The van der Waals surface area contributed by atoms with Crippen LogP contribution >= 0.6 is 0 Å². The Kier molecular flexibility index (Phi) is 6.37. The van der Waals surface area contributed by atoms with E-state index in [9.17, 15) is 9.59 Å². The number of hydrogen-bond donors (Lipinski definition) is 2. The molecule has 2 N–H and O–H groups in total. The van der Waals surface area contributed by atoms with Gasteiger partial charge in [0.2, 0.25) is 12.8 Å². The van der Waals surface area contributed by atoms with E-state index in [4.69, 9.17) is 0 Å². The Morgan fingerprint density at radius 1 is 0.611 bits per heavy atom. The van der Waals surface area contributed by atoms with Crippen molar-refractivity contribution in [3.63, 3.8) is 0 Å². The number of amides is 2. The highest BCUT2D eigenvalue weighted by Crippen LogP contribution is 2.17. The van der Waals surface area contributed by atoms with Crippen molar-refractivity contribution in [3.8, 4) is 11.1 Å². The SMILES string of the molecule is O=CNNC=O.c1ccc(-c2ccccc2)cc1. The van der Waals surface area contributed by atoms with Crippen molar-refractivity contribution in [2.45, 2.75) is 0 Å². The maximum atomic E-state index is 9.23. The highest BCUT2D eigenvalue weighted by atomic mass is 16.2. The molecule has 92 valence electrons. The van der Waals surface area contributed by atoms with E-state index in [1.807, 2.05) is 23.0 Å². The molecule has 2 aromatic rings. The lowest BCUT2D eigenvalue weighted by Gasteiger charge is -1.98. The molecule has 0 heterocycles. The Labute approximate surface area is 106 Å². The summed E-state index contributed by atoms with van der Waals surface area (Å²) in [5.41, 5.74) is 6.35. The van der Waals surface area contributed by atoms with E-state index in [2.05, 4.69) is 48.5 Å². The van der Waals surface area contributed by atoms with Crippen molar-refractivity contribution >= 4 is 12.8 Å². The topological polar surface area (TPSA) is 58.2 Å². The Morgan fingerprint density at radius 3 is 1.22 bits per heavy atom. The third-order valence-electron chi connectivity index (χ3n) is 2.08. The monoisotopic (exact) mass is 242 g/mol. The van der Waals surface area contributed by atoms with Crippen LogP contribution in [0.4, 0.5) is 0 Å². The fourth-order valence-electron chi connectivity index (χ4n) is 1.33. The second-order valence-electron chi connectivity index (χ2n) is 3.26. The van der Waals surface area contributed by atoms with Gasteiger partial charge in [0.05, 0.1) is 0 Å². The van der Waals surface area contributed by atoms with E-state index in [1.54, 1.807) is 0 Å². The third kappa shape index (κ3) is 4.94. The smallest absolute Gasteiger partial charge is 0.225 e. The second-order valence-corrected chi connectivity index (χ2v) is 3.26. The molecule has 2 amide bonds. The molecule has 0 saturated carbocycles. The van der Waals surface area contributed by atoms with E-state index in [-0.39, 0.29) is 0 Å². The predicted octanol–water partition coefficient (Wildman–Crippen LogP) is 1.75. The number of nitrogens with one attached hydrogen (secondary N) is 2. The second kappa shape index (κ2) is 8.52. The zero-order chi connectivity index (χ0) is 13.1. The largest absolute Gasteiger partial charge is 0.277 e. The fourth-order valence-corrected chi connectivity index (χ4v) is 1.33. The maximum Gasteiger partial charge on any atom is 0.225 e. The molecule has 0 aliphatic carbocycles. The lowest BCUT2D eigenvalue weighted by Crippen LogP contribution is -2.28. The fraction of sp³-hybridized carbons (Fsp3) is 0. The minimum absolute atomic E-state index is 0.369. The van der Waals surface area contributed by atoms with Crippen molar-refractivity contribution in [1.29, 1.82) is 0 Å². The molecular formula is C14H14N2O2. The average molecular weight is 242 g/mol. The van der Waals surface area contributed by atoms with Crippen LogP contribution in [0.2, 0.25) is 0 Å². The minimum Gasteiger partial charge on any atom is -0.277 e. The lowest BCUT2D eigenvalue weighted by molar-refractivity contribution is -0.116. The average Bonchev–Trinajstić information content (AvgIpc) is 2.48. The quantitative estimate of drug-likeness (QED) is 0.487. The van der Waals surface area contributed by atoms with Crippen molar-refractivity contribution in [2.75, 3.05) is 0 Å². The lowest BCUT2D eigenvalue weighted by atomic mass is 10.1. The van der Waals surface area contributed by atoms with Crippen LogP contribution in [0, 0.1) is 0 Å². The Morgan fingerprint density at radius 2 is 0.944 bits per heavy atom. The number of carbonyl (C=O) groups is 2. The first-order valence-electron chi connectivity index (χ1n) is 5.37. The zero-order valence-corrected chi connectivity index (χ0v) is 9.74. The van der Waals surface area contributed by atoms with Crippen molar-refractivity contribution in [2.24, 2.45) is 0 Å². The van der Waals surface area contributed by atoms with Crippen LogP contribution in [0.3, 0.4) is 0 Å². The van der Waals surface area contributed by atoms with E-state index >= 15 is 0 Å². The molecule has 4 nitrogen and oxygen atoms in total. The maximum absolute atomic E-state index is 9.23. The molecule has 2 rings (SSSR count). The van der Waals surface area contributed by atoms with Gasteiger partial charge in [-0.2, -0.15) is 0 Å². The molecule has 0 aliphatic heterocycles. The minimum atomic E-state index is 0.369. The zero-order valence-electron chi connectivity index (χ0n) is 9.74. The molecule has 0 aliphatic rings. The Bertz CT molecular complexity index is 412. The van der Waals surface area contributed by atoms with Gasteiger partial charge in [-0.15, -0.1) is 0 Å². The summed E-state index contributed by atoms with van der Waals surface area (Å²) in [7, 11) is 0. The van der Waals surface area contributed by atoms with Gasteiger partial charge in [0.25, 0.3) is 0 Å². The summed E-state index contributed by atoms with van der Waals surface area (Å²) in [6.45, 7) is 0. The Balaban J connectivity index is 0.000000232. The molecule has 0 spiro atoms. The van der Waals surface area contributed by atoms with Gasteiger partial charge in [0, 0.05) is 0 Å². The Hall–Kier alpha value is -2.62. The van der Waals surface area contributed by atoms with E-state index in [1.165, 1.54) is 11.1 Å². The van der Waals surface area contributed by atoms with Crippen LogP contribution in [0.5, 0.6) is 0 Å². The van der Waals surface area contributed by atoms with Gasteiger partial charge in [-0.25, -0.2) is 0 Å². The van der Waals surface area contributed by atoms with Crippen molar-refractivity contribution in [3.05, 3.63) is 60.7 Å². The van der Waals surface area contributed by atoms with E-state index < -0.39 is 0 Å². The molecule has 4 heteroatoms. The predicted molar refractivity (Wildman–Crippen MR) is 70.3 cm³/mol. The number of benzene rings is 2. The van der Waals surface area contributed by atoms with Crippen molar-refractivity contribution in [1.82, 2.24) is 10.9 Å². The van der Waals surface area contributed by atoms with E-state index in [0.29, 0.717) is 12.8 Å². The molecule has 18 heavy (non-hydrogen) atoms. The molecule has 0 aromatic heterocycles. The summed E-state index contributed by atoms with van der Waals surface area (Å²) in [6.07, 6.45) is 0.739. The first-order valence-corrected chi connectivity index (χ1v) is 5.37. The normalized spacial score (nSPS) is 8.44. The highest BCUT2D eigenvalue weighted by molar-refractivity contribution is 5.62. The number of hydrazine groups is 1. The summed E-state index contributed by atoms with van der Waals surface area (Å²) < 4.78 is 0. The molecule has 0 bridgehead atoms. The molecule has 0 fully saturated rings. The van der Waals surface area contributed by atoms with Crippen LogP contribution < -0.4 is 10.9 Å². The van der Waals surface area contributed by atoms with Crippen LogP contribution in [-0.2, 0) is 9.59 Å². The van der Waals surface area contributed by atoms with Crippen LogP contribution in [0.25, 0.3) is 11.1 Å². The number of rotatable bonds is 4. The summed E-state index contributed by atoms with van der Waals surface area (Å²) in [6, 6.07) is 20.8. The van der Waals surface area contributed by atoms with Crippen LogP contribution in [0.1, 0.15) is 0 Å². The van der Waals surface area contributed by atoms with Crippen LogP contribution in [0.15, 0.2) is 60.7 Å². The van der Waals surface area contributed by atoms with Gasteiger partial charge < -0.3 is 0 Å². The van der Waals surface area contributed by atoms with Crippen molar-refractivity contribution < 1.29 is 9.59 Å². The van der Waals surface area contributed by atoms with Crippen LogP contribution in [-0.4, -0.2) is 12.8 Å². The van der Waals surface area contributed by atoms with Gasteiger partial charge in [-0.1, -0.05) is 60.7 Å². The summed E-state index contributed by atoms with van der Waals surface area (Å²) in [4.78, 5) is 18.5. The first-order chi connectivity index (χ1) is 8.88. The van der Waals surface area contributed by atoms with Gasteiger partial charge in [-0.3, -0.25) is 20.4 Å². The number of hydrogen-bond acceptors (Lipinski definition) is 2. The molecule has 0 saturated heterocycles. The summed E-state index contributed by atoms with van der Waals surface area (Å²) in [5.74, 6) is 0. The van der Waals surface area contributed by atoms with Gasteiger partial charge in [-0.05, 0) is 11.1 Å². The highest BCUT2D eigenvalue weighted by Gasteiger charge is 1.91. The van der Waals surface area contributed by atoms with Gasteiger partial charge in [0.15, 0.2) is 0 Å². The molecule has 2 aromatic carbocycles. The van der Waals surface area contributed by atoms with Gasteiger partial charge >= 0.3 is 0 Å². The molecule has 0 unspecified atom stereocenters. The number of carbonyl (C=O) groups excluding carboxylic acids is 2. The summed E-state index contributed by atoms with van der Waals surface area (Å²) >= 11 is 0. The molecule has 0 atom stereocenters. The molecular weight excluding hydrogens is 228 g/mol. The molecule has 0 radical (unpaired) electrons. The van der Waals surface area contributed by atoms with E-state index in [0.717, 1.165) is 0 Å². The summed E-state index contributed by atoms with van der Waals surface area (Å²) in [5, 5.41) is 0. The first kappa shape index (κ1) is 13.4.